The Kier molecular flexibility index (Phi) is 2.13. The third-order valence-corrected chi connectivity index (χ3v) is 3.70. The number of hydrogen-bond acceptors (Lipinski definition) is 5. The van der Waals surface area contributed by atoms with Gasteiger partial charge in [0.05, 0.1) is 16.7 Å². The zero-order chi connectivity index (χ0) is 12.8. The van der Waals surface area contributed by atoms with Crippen molar-refractivity contribution in [3.05, 3.63) is 36.1 Å². The lowest BCUT2D eigenvalue weighted by Gasteiger charge is -1.99. The van der Waals surface area contributed by atoms with Gasteiger partial charge < -0.3 is 0 Å². The van der Waals surface area contributed by atoms with Crippen LogP contribution < -0.4 is 0 Å². The SMILES string of the molecule is Cn1cc2cc(-c3ccc4ncsc4n3)cnc2n1. The summed E-state index contributed by atoms with van der Waals surface area (Å²) in [6.45, 7) is 0. The van der Waals surface area contributed by atoms with Gasteiger partial charge in [-0.1, -0.05) is 0 Å². The Morgan fingerprint density at radius 1 is 1.21 bits per heavy atom. The molecule has 0 radical (unpaired) electrons. The summed E-state index contributed by atoms with van der Waals surface area (Å²) in [6.07, 6.45) is 3.77. The van der Waals surface area contributed by atoms with E-state index in [2.05, 4.69) is 26.1 Å². The van der Waals surface area contributed by atoms with Crippen LogP contribution in [0.5, 0.6) is 0 Å². The molecule has 0 aliphatic rings. The van der Waals surface area contributed by atoms with Crippen molar-refractivity contribution >= 4 is 32.7 Å². The molecule has 4 heterocycles. The van der Waals surface area contributed by atoms with E-state index in [4.69, 9.17) is 0 Å². The van der Waals surface area contributed by atoms with E-state index >= 15 is 0 Å². The fourth-order valence-corrected chi connectivity index (χ4v) is 2.74. The van der Waals surface area contributed by atoms with Crippen LogP contribution in [0.4, 0.5) is 0 Å². The predicted octanol–water partition coefficient (Wildman–Crippen LogP) is 2.64. The van der Waals surface area contributed by atoms with E-state index in [0.29, 0.717) is 0 Å². The summed E-state index contributed by atoms with van der Waals surface area (Å²) in [5.41, 5.74) is 5.41. The molecule has 0 fully saturated rings. The van der Waals surface area contributed by atoms with Crippen LogP contribution >= 0.6 is 11.3 Å². The summed E-state index contributed by atoms with van der Waals surface area (Å²) in [7, 11) is 1.89. The third-order valence-electron chi connectivity index (χ3n) is 2.97. The molecule has 0 aromatic carbocycles. The molecule has 4 rings (SSSR count). The summed E-state index contributed by atoms with van der Waals surface area (Å²) in [6, 6.07) is 6.02. The average molecular weight is 267 g/mol. The first kappa shape index (κ1) is 10.6. The Bertz CT molecular complexity index is 892. The number of aryl methyl sites for hydroxylation is 1. The number of fused-ring (bicyclic) bond motifs is 2. The van der Waals surface area contributed by atoms with E-state index in [9.17, 15) is 0 Å². The molecular weight excluding hydrogens is 258 g/mol. The van der Waals surface area contributed by atoms with E-state index in [1.54, 1.807) is 16.0 Å². The zero-order valence-electron chi connectivity index (χ0n) is 10.1. The van der Waals surface area contributed by atoms with E-state index in [-0.39, 0.29) is 0 Å². The Morgan fingerprint density at radius 2 is 2.16 bits per heavy atom. The van der Waals surface area contributed by atoms with Crippen LogP contribution in [0.25, 0.3) is 32.6 Å². The number of pyridine rings is 2. The highest BCUT2D eigenvalue weighted by Gasteiger charge is 2.06. The van der Waals surface area contributed by atoms with Gasteiger partial charge >= 0.3 is 0 Å². The second-order valence-corrected chi connectivity index (χ2v) is 5.15. The van der Waals surface area contributed by atoms with E-state index in [1.165, 1.54) is 0 Å². The normalized spacial score (nSPS) is 11.4. The molecule has 92 valence electrons. The van der Waals surface area contributed by atoms with Crippen LogP contribution in [0.15, 0.2) is 36.1 Å². The number of aromatic nitrogens is 5. The number of thiazole rings is 1. The molecule has 0 spiro atoms. The molecule has 0 bridgehead atoms. The fourth-order valence-electron chi connectivity index (χ4n) is 2.08. The molecule has 0 aliphatic carbocycles. The van der Waals surface area contributed by atoms with E-state index in [0.717, 1.165) is 32.6 Å². The van der Waals surface area contributed by atoms with Gasteiger partial charge in [-0.15, -0.1) is 11.3 Å². The topological polar surface area (TPSA) is 56.5 Å². The maximum atomic E-state index is 4.61. The smallest absolute Gasteiger partial charge is 0.181 e. The molecule has 4 aromatic heterocycles. The summed E-state index contributed by atoms with van der Waals surface area (Å²) in [5.74, 6) is 0. The lowest BCUT2D eigenvalue weighted by Crippen LogP contribution is -1.87. The number of nitrogens with zero attached hydrogens (tertiary/aromatic N) is 5. The van der Waals surface area contributed by atoms with Gasteiger partial charge in [-0.2, -0.15) is 5.10 Å². The third kappa shape index (κ3) is 1.68. The van der Waals surface area contributed by atoms with Crippen molar-refractivity contribution in [3.63, 3.8) is 0 Å². The molecule has 5 nitrogen and oxygen atoms in total. The largest absolute Gasteiger partial charge is 0.273 e. The van der Waals surface area contributed by atoms with Gasteiger partial charge in [0, 0.05) is 30.4 Å². The minimum Gasteiger partial charge on any atom is -0.273 e. The Balaban J connectivity index is 1.91. The van der Waals surface area contributed by atoms with Crippen LogP contribution in [0.3, 0.4) is 0 Å². The highest BCUT2D eigenvalue weighted by atomic mass is 32.1. The summed E-state index contributed by atoms with van der Waals surface area (Å²) >= 11 is 1.54. The first-order valence-electron chi connectivity index (χ1n) is 5.80. The maximum absolute atomic E-state index is 4.61. The molecule has 0 saturated heterocycles. The van der Waals surface area contributed by atoms with Crippen molar-refractivity contribution in [1.82, 2.24) is 24.7 Å². The van der Waals surface area contributed by atoms with Crippen molar-refractivity contribution in [1.29, 1.82) is 0 Å². The van der Waals surface area contributed by atoms with Gasteiger partial charge in [0.1, 0.15) is 4.83 Å². The van der Waals surface area contributed by atoms with Gasteiger partial charge in [0.25, 0.3) is 0 Å². The summed E-state index contributed by atoms with van der Waals surface area (Å²) < 4.78 is 1.77. The van der Waals surface area contributed by atoms with E-state index < -0.39 is 0 Å². The highest BCUT2D eigenvalue weighted by molar-refractivity contribution is 7.16. The second kappa shape index (κ2) is 3.83. The van der Waals surface area contributed by atoms with Crippen LogP contribution in [0, 0.1) is 0 Å². The van der Waals surface area contributed by atoms with Gasteiger partial charge in [0.2, 0.25) is 0 Å². The van der Waals surface area contributed by atoms with Crippen LogP contribution in [-0.2, 0) is 7.05 Å². The molecule has 4 aromatic rings. The summed E-state index contributed by atoms with van der Waals surface area (Å²) in [5, 5.41) is 5.29. The number of rotatable bonds is 1. The molecule has 0 amide bonds. The van der Waals surface area contributed by atoms with Gasteiger partial charge in [-0.05, 0) is 18.2 Å². The molecular formula is C13H9N5S. The Labute approximate surface area is 112 Å². The molecule has 19 heavy (non-hydrogen) atoms. The molecule has 0 unspecified atom stereocenters. The van der Waals surface area contributed by atoms with Crippen molar-refractivity contribution in [2.24, 2.45) is 7.05 Å². The zero-order valence-corrected chi connectivity index (χ0v) is 10.9. The molecule has 0 atom stereocenters. The Morgan fingerprint density at radius 3 is 3.11 bits per heavy atom. The molecule has 0 N–H and O–H groups in total. The minimum absolute atomic E-state index is 0.755. The minimum atomic E-state index is 0.755. The predicted molar refractivity (Wildman–Crippen MR) is 74.9 cm³/mol. The molecule has 6 heteroatoms. The average Bonchev–Trinajstić information content (AvgIpc) is 3.01. The fraction of sp³-hybridized carbons (Fsp3) is 0.0769. The van der Waals surface area contributed by atoms with Crippen LogP contribution in [0.2, 0.25) is 0 Å². The van der Waals surface area contributed by atoms with Gasteiger partial charge in [-0.25, -0.2) is 15.0 Å². The lowest BCUT2D eigenvalue weighted by molar-refractivity contribution is 0.776. The molecule has 0 saturated carbocycles. The number of hydrogen-bond donors (Lipinski definition) is 0. The van der Waals surface area contributed by atoms with Crippen molar-refractivity contribution in [3.8, 4) is 11.3 Å². The van der Waals surface area contributed by atoms with E-state index in [1.807, 2.05) is 37.1 Å². The maximum Gasteiger partial charge on any atom is 0.181 e. The lowest BCUT2D eigenvalue weighted by atomic mass is 10.1. The highest BCUT2D eigenvalue weighted by Crippen LogP contribution is 2.24. The first-order valence-corrected chi connectivity index (χ1v) is 6.67. The van der Waals surface area contributed by atoms with Crippen molar-refractivity contribution in [2.45, 2.75) is 0 Å². The van der Waals surface area contributed by atoms with Crippen molar-refractivity contribution in [2.75, 3.05) is 0 Å². The monoisotopic (exact) mass is 267 g/mol. The van der Waals surface area contributed by atoms with Crippen molar-refractivity contribution < 1.29 is 0 Å². The van der Waals surface area contributed by atoms with Gasteiger partial charge in [0.15, 0.2) is 5.65 Å². The molecule has 0 aliphatic heterocycles. The standard InChI is InChI=1S/C13H9N5S/c1-18-6-9-4-8(5-14-12(9)17-18)10-2-3-11-13(16-10)19-7-15-11/h2-7H,1H3. The quantitative estimate of drug-likeness (QED) is 0.532. The summed E-state index contributed by atoms with van der Waals surface area (Å²) in [4.78, 5) is 14.2. The first-order chi connectivity index (χ1) is 9.29. The van der Waals surface area contributed by atoms with Gasteiger partial charge in [-0.3, -0.25) is 4.68 Å². The Hall–Kier alpha value is -2.34. The van der Waals surface area contributed by atoms with Crippen LogP contribution in [0.1, 0.15) is 0 Å². The van der Waals surface area contributed by atoms with Crippen LogP contribution in [-0.4, -0.2) is 24.7 Å². The second-order valence-electron chi connectivity index (χ2n) is 4.31.